The maximum atomic E-state index is 12.8. The predicted molar refractivity (Wildman–Crippen MR) is 127 cm³/mol. The number of likely N-dealkylation sites (N-methyl/N-ethyl adjacent to an activating group) is 1. The van der Waals surface area contributed by atoms with Crippen LogP contribution in [0.2, 0.25) is 0 Å². The van der Waals surface area contributed by atoms with Crippen molar-refractivity contribution in [1.29, 1.82) is 0 Å². The Morgan fingerprint density at radius 3 is 1.91 bits per heavy atom. The fraction of sp³-hybridized carbons (Fsp3) is 0.320. The summed E-state index contributed by atoms with van der Waals surface area (Å²) in [5.41, 5.74) is 3.12. The van der Waals surface area contributed by atoms with Crippen molar-refractivity contribution in [2.24, 2.45) is 0 Å². The van der Waals surface area contributed by atoms with E-state index >= 15 is 0 Å². The van der Waals surface area contributed by atoms with Crippen LogP contribution in [0.4, 0.5) is 0 Å². The average molecular weight is 478 g/mol. The third-order valence-corrected chi connectivity index (χ3v) is 6.01. The summed E-state index contributed by atoms with van der Waals surface area (Å²) < 4.78 is 0. The molecule has 10 nitrogen and oxygen atoms in total. The molecular formula is C25H27N5O5. The van der Waals surface area contributed by atoms with Crippen LogP contribution in [0, 0.1) is 6.92 Å². The minimum Gasteiger partial charge on any atom is -0.351 e. The summed E-state index contributed by atoms with van der Waals surface area (Å²) in [4.78, 5) is 64.5. The molecule has 2 aromatic carbocycles. The van der Waals surface area contributed by atoms with E-state index in [0.29, 0.717) is 35.3 Å². The topological polar surface area (TPSA) is 128 Å². The Kier molecular flexibility index (Phi) is 7.04. The van der Waals surface area contributed by atoms with Crippen LogP contribution in [-0.4, -0.2) is 79.1 Å². The Morgan fingerprint density at radius 2 is 1.31 bits per heavy atom. The normalized spacial score (nSPS) is 14.6. The van der Waals surface area contributed by atoms with Crippen LogP contribution in [0.5, 0.6) is 0 Å². The summed E-state index contributed by atoms with van der Waals surface area (Å²) in [7, 11) is 1.67. The molecule has 0 unspecified atom stereocenters. The van der Waals surface area contributed by atoms with Crippen LogP contribution in [0.15, 0.2) is 36.4 Å². The number of imide groups is 2. The number of carbonyl (C=O) groups is 5. The van der Waals surface area contributed by atoms with Gasteiger partial charge in [-0.3, -0.25) is 33.8 Å². The Balaban J connectivity index is 1.27. The first-order valence-corrected chi connectivity index (χ1v) is 11.4. The third kappa shape index (κ3) is 4.84. The summed E-state index contributed by atoms with van der Waals surface area (Å²) in [5, 5.41) is 8.60. The molecule has 0 radical (unpaired) electrons. The Labute approximate surface area is 202 Å². The minimum atomic E-state index is -0.383. The zero-order chi connectivity index (χ0) is 25.1. The van der Waals surface area contributed by atoms with E-state index in [1.165, 1.54) is 9.80 Å². The smallest absolute Gasteiger partial charge is 0.261 e. The molecule has 0 aromatic heterocycles. The number of fused-ring (bicyclic) bond motifs is 2. The second kappa shape index (κ2) is 10.2. The van der Waals surface area contributed by atoms with E-state index in [-0.39, 0.29) is 55.7 Å². The van der Waals surface area contributed by atoms with Gasteiger partial charge in [0.25, 0.3) is 23.6 Å². The van der Waals surface area contributed by atoms with E-state index in [1.54, 1.807) is 43.4 Å². The molecule has 2 aromatic rings. The number of amides is 5. The van der Waals surface area contributed by atoms with Gasteiger partial charge < -0.3 is 16.0 Å². The second-order valence-electron chi connectivity index (χ2n) is 8.51. The predicted octanol–water partition coefficient (Wildman–Crippen LogP) is 0.312. The molecule has 3 N–H and O–H groups in total. The highest BCUT2D eigenvalue weighted by Gasteiger charge is 2.36. The molecule has 0 spiro atoms. The molecule has 182 valence electrons. The van der Waals surface area contributed by atoms with Gasteiger partial charge in [-0.15, -0.1) is 0 Å². The fourth-order valence-corrected chi connectivity index (χ4v) is 4.19. The molecule has 0 fully saturated rings. The van der Waals surface area contributed by atoms with Gasteiger partial charge in [0, 0.05) is 32.7 Å². The maximum absolute atomic E-state index is 12.8. The molecule has 4 rings (SSSR count). The lowest BCUT2D eigenvalue weighted by Crippen LogP contribution is -2.40. The lowest BCUT2D eigenvalue weighted by atomic mass is 10.1. The summed E-state index contributed by atoms with van der Waals surface area (Å²) in [5.74, 6) is -1.54. The molecule has 2 aliphatic rings. The van der Waals surface area contributed by atoms with E-state index in [1.807, 2.05) is 6.92 Å². The molecule has 0 aliphatic carbocycles. The average Bonchev–Trinajstić information content (AvgIpc) is 3.22. The van der Waals surface area contributed by atoms with E-state index in [9.17, 15) is 24.0 Å². The van der Waals surface area contributed by atoms with Crippen molar-refractivity contribution in [3.63, 3.8) is 0 Å². The Hall–Kier alpha value is -3.89. The highest BCUT2D eigenvalue weighted by atomic mass is 16.2. The molecule has 0 bridgehead atoms. The minimum absolute atomic E-state index is 0.155. The van der Waals surface area contributed by atoms with Gasteiger partial charge in [-0.25, -0.2) is 0 Å². The number of nitrogens with one attached hydrogen (secondary N) is 3. The number of hydrogen-bond donors (Lipinski definition) is 3. The van der Waals surface area contributed by atoms with Crippen molar-refractivity contribution in [3.05, 3.63) is 69.8 Å². The molecule has 5 amide bonds. The number of aryl methyl sites for hydroxylation is 1. The molecular weight excluding hydrogens is 450 g/mol. The van der Waals surface area contributed by atoms with Gasteiger partial charge >= 0.3 is 0 Å². The van der Waals surface area contributed by atoms with E-state index in [4.69, 9.17) is 0 Å². The van der Waals surface area contributed by atoms with Crippen LogP contribution in [0.1, 0.15) is 52.6 Å². The first kappa shape index (κ1) is 24.2. The van der Waals surface area contributed by atoms with Crippen molar-refractivity contribution in [1.82, 2.24) is 25.8 Å². The highest BCUT2D eigenvalue weighted by Crippen LogP contribution is 2.24. The number of carbonyl (C=O) groups excluding carboxylic acids is 5. The molecule has 35 heavy (non-hydrogen) atoms. The summed E-state index contributed by atoms with van der Waals surface area (Å²) >= 11 is 0. The van der Waals surface area contributed by atoms with E-state index in [2.05, 4.69) is 16.0 Å². The first-order chi connectivity index (χ1) is 16.8. The molecule has 2 aliphatic heterocycles. The van der Waals surface area contributed by atoms with Crippen molar-refractivity contribution in [2.75, 3.05) is 39.8 Å². The van der Waals surface area contributed by atoms with Crippen LogP contribution in [0.25, 0.3) is 0 Å². The van der Waals surface area contributed by atoms with Gasteiger partial charge in [0.15, 0.2) is 0 Å². The SMILES string of the molecule is CNCC(=O)NCc1ccc2c(c1)C(=O)N(CCNCCN1C(=O)c3ccc(C)cc3C1=O)C2=O. The molecule has 0 saturated carbocycles. The van der Waals surface area contributed by atoms with E-state index < -0.39 is 0 Å². The quantitative estimate of drug-likeness (QED) is 0.332. The molecule has 10 heteroatoms. The summed E-state index contributed by atoms with van der Waals surface area (Å²) in [6.07, 6.45) is 0. The highest BCUT2D eigenvalue weighted by molar-refractivity contribution is 6.22. The standard InChI is InChI=1S/C25H27N5O5/c1-15-3-5-17-19(11-15)24(34)29(22(17)32)9-7-27-8-10-30-23(33)18-6-4-16(12-20(18)25(30)35)13-28-21(31)14-26-2/h3-6,11-12,26-27H,7-10,13-14H2,1-2H3,(H,28,31). The monoisotopic (exact) mass is 477 g/mol. The Bertz CT molecular complexity index is 1220. The Morgan fingerprint density at radius 1 is 0.771 bits per heavy atom. The van der Waals surface area contributed by atoms with Crippen LogP contribution in [-0.2, 0) is 11.3 Å². The van der Waals surface area contributed by atoms with Gasteiger partial charge in [-0.2, -0.15) is 0 Å². The number of hydrogen-bond acceptors (Lipinski definition) is 7. The van der Waals surface area contributed by atoms with Crippen LogP contribution in [0.3, 0.4) is 0 Å². The zero-order valence-corrected chi connectivity index (χ0v) is 19.6. The van der Waals surface area contributed by atoms with Gasteiger partial charge in [-0.05, 0) is 43.8 Å². The number of benzene rings is 2. The van der Waals surface area contributed by atoms with Gasteiger partial charge in [0.1, 0.15) is 0 Å². The van der Waals surface area contributed by atoms with Crippen molar-refractivity contribution in [2.45, 2.75) is 13.5 Å². The number of rotatable bonds is 10. The fourth-order valence-electron chi connectivity index (χ4n) is 4.19. The first-order valence-electron chi connectivity index (χ1n) is 11.4. The van der Waals surface area contributed by atoms with Crippen molar-refractivity contribution >= 4 is 29.5 Å². The lowest BCUT2D eigenvalue weighted by molar-refractivity contribution is -0.120. The molecule has 2 heterocycles. The van der Waals surface area contributed by atoms with Gasteiger partial charge in [0.2, 0.25) is 5.91 Å². The van der Waals surface area contributed by atoms with Gasteiger partial charge in [-0.1, -0.05) is 17.7 Å². The maximum Gasteiger partial charge on any atom is 0.261 e. The number of nitrogens with zero attached hydrogens (tertiary/aromatic N) is 2. The van der Waals surface area contributed by atoms with Crippen molar-refractivity contribution < 1.29 is 24.0 Å². The van der Waals surface area contributed by atoms with Crippen LogP contribution >= 0.6 is 0 Å². The molecule has 0 atom stereocenters. The third-order valence-electron chi connectivity index (χ3n) is 6.01. The zero-order valence-electron chi connectivity index (χ0n) is 19.6. The summed E-state index contributed by atoms with van der Waals surface area (Å²) in [6.45, 7) is 3.32. The summed E-state index contributed by atoms with van der Waals surface area (Å²) in [6, 6.07) is 10.1. The van der Waals surface area contributed by atoms with Gasteiger partial charge in [0.05, 0.1) is 28.8 Å². The van der Waals surface area contributed by atoms with Crippen molar-refractivity contribution in [3.8, 4) is 0 Å². The largest absolute Gasteiger partial charge is 0.351 e. The molecule has 0 saturated heterocycles. The van der Waals surface area contributed by atoms with E-state index in [0.717, 1.165) is 11.1 Å². The van der Waals surface area contributed by atoms with Crippen LogP contribution < -0.4 is 16.0 Å². The lowest BCUT2D eigenvalue weighted by Gasteiger charge is -2.16. The second-order valence-corrected chi connectivity index (χ2v) is 8.51.